The average Bonchev–Trinajstić information content (AvgIpc) is 2.76. The van der Waals surface area contributed by atoms with E-state index >= 15 is 0 Å². The average molecular weight is 560 g/mol. The molecule has 2 nitrogen and oxygen atoms in total. The molecule has 1 rings (SSSR count). The molecule has 0 aromatic heterocycles. The molecule has 0 aliphatic carbocycles. The van der Waals surface area contributed by atoms with E-state index in [0.29, 0.717) is 6.61 Å². The van der Waals surface area contributed by atoms with Gasteiger partial charge < -0.3 is 11.3 Å². The maximum Gasteiger partial charge on any atom is 1.00 e. The number of aliphatic hydroxyl groups is 1. The molecule has 0 unspecified atom stereocenters. The number of halogens is 2. The third-order valence-electron chi connectivity index (χ3n) is 4.83. The Morgan fingerprint density at radius 1 is 0.633 bits per heavy atom. The number of hydrogen-bond acceptors (Lipinski definition) is 2. The minimum atomic E-state index is 0. The molecule has 1 N–H and O–H groups in total. The van der Waals surface area contributed by atoms with Gasteiger partial charge in [0.15, 0.2) is 0 Å². The van der Waals surface area contributed by atoms with Crippen LogP contribution < -0.4 is 29.6 Å². The minimum Gasteiger partial charge on any atom is -1.00 e. The molecule has 0 heterocycles. The monoisotopic (exact) mass is 558 g/mol. The van der Waals surface area contributed by atoms with Crippen molar-refractivity contribution in [1.82, 2.24) is 0 Å². The second-order valence-electron chi connectivity index (χ2n) is 7.59. The van der Waals surface area contributed by atoms with E-state index in [1.807, 2.05) is 6.07 Å². The Morgan fingerprint density at radius 3 is 1.53 bits per heavy atom. The number of benzene rings is 1. The number of alkyl halides is 2. The minimum absolute atomic E-state index is 0. The molecular weight excluding hydrogens is 515 g/mol. The molecule has 0 saturated heterocycles. The smallest absolute Gasteiger partial charge is 1.00 e. The van der Waals surface area contributed by atoms with Gasteiger partial charge >= 0.3 is 29.6 Å². The number of hydrogen-bond donors (Lipinski definition) is 1. The summed E-state index contributed by atoms with van der Waals surface area (Å²) in [6.45, 7) is 2.02. The maximum atomic E-state index is 8.50. The summed E-state index contributed by atoms with van der Waals surface area (Å²) in [5.41, 5.74) is 1.27. The van der Waals surface area contributed by atoms with Crippen LogP contribution in [0.15, 0.2) is 30.3 Å². The Kier molecular flexibility index (Phi) is 33.4. The molecule has 1 aromatic carbocycles. The van der Waals surface area contributed by atoms with Crippen LogP contribution in [0.2, 0.25) is 0 Å². The Hall–Kier alpha value is 1.10. The number of unbranched alkanes of at least 4 members (excludes halogenated alkanes) is 12. The van der Waals surface area contributed by atoms with Crippen molar-refractivity contribution in [2.75, 3.05) is 23.9 Å². The normalized spacial score (nSPS) is 10.2. The van der Waals surface area contributed by atoms with Gasteiger partial charge in [0.2, 0.25) is 0 Å². The molecule has 1 aromatic rings. The molecule has 0 atom stereocenters. The molecule has 30 heavy (non-hydrogen) atoms. The van der Waals surface area contributed by atoms with Crippen molar-refractivity contribution in [2.24, 2.45) is 0 Å². The van der Waals surface area contributed by atoms with Gasteiger partial charge in [-0.3, -0.25) is 0 Å². The predicted molar refractivity (Wildman–Crippen MR) is 137 cm³/mol. The summed E-state index contributed by atoms with van der Waals surface area (Å²) >= 11 is 6.87. The van der Waals surface area contributed by atoms with Crippen LogP contribution in [-0.4, -0.2) is 29.0 Å². The fourth-order valence-corrected chi connectivity index (χ4v) is 3.83. The zero-order valence-electron chi connectivity index (χ0n) is 20.4. The topological polar surface area (TPSA) is 29.5 Å². The van der Waals surface area contributed by atoms with E-state index in [4.69, 9.17) is 9.84 Å². The molecule has 172 valence electrons. The standard InChI is InChI=1S/C16H25BrO.C9H19BrO.Na.H/c17-13-9-4-2-1-3-5-10-14-18-15-16-11-7-6-8-12-16;10-8-6-4-2-1-3-5-7-9-11;;/h6-8,11-12H,1-5,9-10,13-15H2;11H,1-9H2;;/q;;+1;-1. The Morgan fingerprint density at radius 2 is 1.07 bits per heavy atom. The Balaban J connectivity index is -0.000000528. The van der Waals surface area contributed by atoms with E-state index in [1.165, 1.54) is 89.0 Å². The largest absolute Gasteiger partial charge is 1.00 e. The summed E-state index contributed by atoms with van der Waals surface area (Å²) < 4.78 is 5.66. The predicted octanol–water partition coefficient (Wildman–Crippen LogP) is 5.55. The molecule has 0 aliphatic rings. The Bertz CT molecular complexity index is 406. The number of ether oxygens (including phenoxy) is 1. The van der Waals surface area contributed by atoms with Gasteiger partial charge in [0.05, 0.1) is 6.61 Å². The summed E-state index contributed by atoms with van der Waals surface area (Å²) in [5.74, 6) is 0. The van der Waals surface area contributed by atoms with Crippen molar-refractivity contribution in [2.45, 2.75) is 96.5 Å². The second-order valence-corrected chi connectivity index (χ2v) is 9.18. The van der Waals surface area contributed by atoms with Crippen molar-refractivity contribution in [3.63, 3.8) is 0 Å². The van der Waals surface area contributed by atoms with E-state index in [1.54, 1.807) is 0 Å². The van der Waals surface area contributed by atoms with Crippen molar-refractivity contribution in [3.05, 3.63) is 35.9 Å². The third kappa shape index (κ3) is 27.1. The van der Waals surface area contributed by atoms with Crippen LogP contribution >= 0.6 is 31.9 Å². The summed E-state index contributed by atoms with van der Waals surface area (Å²) in [6, 6.07) is 10.4. The van der Waals surface area contributed by atoms with Gasteiger partial charge in [-0.05, 0) is 31.2 Å². The van der Waals surface area contributed by atoms with Crippen LogP contribution in [0.5, 0.6) is 0 Å². The van der Waals surface area contributed by atoms with Crippen molar-refractivity contribution < 1.29 is 40.8 Å². The van der Waals surface area contributed by atoms with E-state index in [9.17, 15) is 0 Å². The van der Waals surface area contributed by atoms with Crippen LogP contribution in [0.3, 0.4) is 0 Å². The van der Waals surface area contributed by atoms with Gasteiger partial charge in [-0.2, -0.15) is 0 Å². The van der Waals surface area contributed by atoms with Crippen LogP contribution in [0, 0.1) is 0 Å². The van der Waals surface area contributed by atoms with Gasteiger partial charge in [0.25, 0.3) is 0 Å². The van der Waals surface area contributed by atoms with Gasteiger partial charge in [0.1, 0.15) is 0 Å². The number of rotatable bonds is 19. The first kappa shape index (κ1) is 33.3. The molecule has 0 spiro atoms. The summed E-state index contributed by atoms with van der Waals surface area (Å²) in [4.78, 5) is 0. The first-order valence-corrected chi connectivity index (χ1v) is 13.9. The number of aliphatic hydroxyl groups excluding tert-OH is 1. The van der Waals surface area contributed by atoms with Crippen LogP contribution in [0.1, 0.15) is 96.9 Å². The van der Waals surface area contributed by atoms with Crippen LogP contribution in [-0.2, 0) is 11.3 Å². The summed E-state index contributed by atoms with van der Waals surface area (Å²) in [6.07, 6.45) is 18.2. The molecular formula is C25H45Br2NaO2. The molecule has 0 aliphatic heterocycles. The van der Waals surface area contributed by atoms with Gasteiger partial charge in [0, 0.05) is 23.9 Å². The zero-order valence-corrected chi connectivity index (χ0v) is 24.6. The summed E-state index contributed by atoms with van der Waals surface area (Å²) in [7, 11) is 0. The van der Waals surface area contributed by atoms with Crippen LogP contribution in [0.4, 0.5) is 0 Å². The zero-order chi connectivity index (χ0) is 21.3. The molecule has 5 heteroatoms. The van der Waals surface area contributed by atoms with Crippen molar-refractivity contribution >= 4 is 31.9 Å². The maximum absolute atomic E-state index is 8.50. The van der Waals surface area contributed by atoms with Crippen LogP contribution in [0.25, 0.3) is 0 Å². The first-order valence-electron chi connectivity index (χ1n) is 11.7. The molecule has 0 fully saturated rings. The van der Waals surface area contributed by atoms with E-state index in [-0.39, 0.29) is 31.0 Å². The molecule has 0 amide bonds. The quantitative estimate of drug-likeness (QED) is 0.137. The molecule has 0 bridgehead atoms. The Labute approximate surface area is 227 Å². The van der Waals surface area contributed by atoms with E-state index in [0.717, 1.165) is 30.3 Å². The van der Waals surface area contributed by atoms with Crippen molar-refractivity contribution in [1.29, 1.82) is 0 Å². The van der Waals surface area contributed by atoms with Crippen molar-refractivity contribution in [3.8, 4) is 0 Å². The van der Waals surface area contributed by atoms with Gasteiger partial charge in [-0.25, -0.2) is 0 Å². The van der Waals surface area contributed by atoms with E-state index in [2.05, 4.69) is 56.1 Å². The first-order chi connectivity index (χ1) is 14.3. The molecule has 0 saturated carbocycles. The summed E-state index contributed by atoms with van der Waals surface area (Å²) in [5, 5.41) is 10.8. The SMILES string of the molecule is BrCCCCCCCCCOCc1ccccc1.OCCCCCCCCCBr.[H-].[Na+]. The fraction of sp³-hybridized carbons (Fsp3) is 0.760. The second kappa shape index (κ2) is 30.1. The van der Waals surface area contributed by atoms with Gasteiger partial charge in [-0.15, -0.1) is 0 Å². The third-order valence-corrected chi connectivity index (χ3v) is 5.95. The van der Waals surface area contributed by atoms with Gasteiger partial charge in [-0.1, -0.05) is 126 Å². The van der Waals surface area contributed by atoms with E-state index < -0.39 is 0 Å². The molecule has 0 radical (unpaired) electrons. The fourth-order valence-electron chi connectivity index (χ4n) is 3.04.